The molecular formula is C9H14N5O7P. The van der Waals surface area contributed by atoms with Crippen LogP contribution in [0.2, 0.25) is 0 Å². The van der Waals surface area contributed by atoms with Crippen molar-refractivity contribution in [1.82, 2.24) is 19.5 Å². The number of hydrogen-bond acceptors (Lipinski definition) is 8. The third kappa shape index (κ3) is 4.34. The van der Waals surface area contributed by atoms with Gasteiger partial charge >= 0.3 is 7.82 Å². The summed E-state index contributed by atoms with van der Waals surface area (Å²) in [6.45, 7) is -0.742. The van der Waals surface area contributed by atoms with Gasteiger partial charge in [-0.25, -0.2) is 9.55 Å². The Morgan fingerprint density at radius 1 is 1.45 bits per heavy atom. The number of rotatable bonds is 7. The van der Waals surface area contributed by atoms with Gasteiger partial charge in [0.25, 0.3) is 5.56 Å². The first-order valence-corrected chi connectivity index (χ1v) is 7.49. The Labute approximate surface area is 122 Å². The summed E-state index contributed by atoms with van der Waals surface area (Å²) in [5.41, 5.74) is 5.16. The lowest BCUT2D eigenvalue weighted by Crippen LogP contribution is -2.22. The lowest BCUT2D eigenvalue weighted by atomic mass is 10.5. The van der Waals surface area contributed by atoms with Crippen molar-refractivity contribution in [3.8, 4) is 0 Å². The molecule has 0 saturated heterocycles. The van der Waals surface area contributed by atoms with Gasteiger partial charge in [0.1, 0.15) is 0 Å². The minimum atomic E-state index is -4.56. The molecule has 2 aromatic rings. The summed E-state index contributed by atoms with van der Waals surface area (Å²) in [5.74, 6) is -0.0929. The predicted molar refractivity (Wildman–Crippen MR) is 72.5 cm³/mol. The Kier molecular flexibility index (Phi) is 4.90. The van der Waals surface area contributed by atoms with Gasteiger partial charge in [-0.15, -0.1) is 0 Å². The quantitative estimate of drug-likeness (QED) is 0.218. The number of H-pyrrole nitrogens is 1. The number of ether oxygens (including phenoxy) is 1. The van der Waals surface area contributed by atoms with E-state index in [-0.39, 0.29) is 30.3 Å². The summed E-state index contributed by atoms with van der Waals surface area (Å²) in [6.07, 6.45) is -0.0366. The number of nitrogens with two attached hydrogens (primary N) is 1. The molecule has 0 bridgehead atoms. The number of aliphatic hydroxyl groups is 1. The molecule has 1 unspecified atom stereocenters. The number of nitrogens with one attached hydrogen (secondary N) is 1. The van der Waals surface area contributed by atoms with Crippen molar-refractivity contribution in [2.75, 3.05) is 18.9 Å². The summed E-state index contributed by atoms with van der Waals surface area (Å²) in [7, 11) is -4.56. The molecule has 0 fully saturated rings. The molecule has 0 aromatic carbocycles. The molecule has 12 nitrogen and oxygen atoms in total. The number of phosphoric ester groups is 1. The number of aromatic nitrogens is 4. The van der Waals surface area contributed by atoms with Crippen LogP contribution in [0.4, 0.5) is 5.95 Å². The van der Waals surface area contributed by atoms with Crippen LogP contribution in [-0.4, -0.2) is 53.9 Å². The molecule has 0 aliphatic carbocycles. The van der Waals surface area contributed by atoms with Gasteiger partial charge in [-0.1, -0.05) is 0 Å². The number of nitrogen functional groups attached to an aromatic ring is 1. The lowest BCUT2D eigenvalue weighted by molar-refractivity contribution is -0.114. The van der Waals surface area contributed by atoms with E-state index in [0.717, 1.165) is 0 Å². The van der Waals surface area contributed by atoms with E-state index in [2.05, 4.69) is 19.5 Å². The molecule has 22 heavy (non-hydrogen) atoms. The largest absolute Gasteiger partial charge is 0.469 e. The third-order valence-electron chi connectivity index (χ3n) is 2.50. The van der Waals surface area contributed by atoms with E-state index in [4.69, 9.17) is 20.3 Å². The van der Waals surface area contributed by atoms with Crippen LogP contribution in [0.15, 0.2) is 11.1 Å². The number of hydrogen-bond donors (Lipinski definition) is 5. The van der Waals surface area contributed by atoms with E-state index < -0.39 is 26.3 Å². The van der Waals surface area contributed by atoms with Crippen molar-refractivity contribution in [3.63, 3.8) is 0 Å². The summed E-state index contributed by atoms with van der Waals surface area (Å²) in [5, 5.41) is 9.68. The zero-order valence-corrected chi connectivity index (χ0v) is 12.0. The van der Waals surface area contributed by atoms with Gasteiger partial charge in [0.15, 0.2) is 17.5 Å². The molecule has 1 atom stereocenters. The van der Waals surface area contributed by atoms with Crippen molar-refractivity contribution in [3.05, 3.63) is 16.7 Å². The van der Waals surface area contributed by atoms with Gasteiger partial charge in [0, 0.05) is 0 Å². The van der Waals surface area contributed by atoms with Gasteiger partial charge in [0.05, 0.1) is 26.1 Å². The first kappa shape index (κ1) is 16.5. The van der Waals surface area contributed by atoms with Crippen LogP contribution < -0.4 is 11.3 Å². The fourth-order valence-corrected chi connectivity index (χ4v) is 1.98. The van der Waals surface area contributed by atoms with Crippen molar-refractivity contribution >= 4 is 24.9 Å². The number of fused-ring (bicyclic) bond motifs is 1. The molecule has 13 heteroatoms. The second-order valence-electron chi connectivity index (χ2n) is 4.17. The second-order valence-corrected chi connectivity index (χ2v) is 5.41. The number of aliphatic hydroxyl groups excluding tert-OH is 1. The minimum Gasteiger partial charge on any atom is -0.369 e. The van der Waals surface area contributed by atoms with E-state index in [0.29, 0.717) is 0 Å². The maximum atomic E-state index is 11.6. The molecular weight excluding hydrogens is 321 g/mol. The highest BCUT2D eigenvalue weighted by Crippen LogP contribution is 2.35. The highest BCUT2D eigenvalue weighted by molar-refractivity contribution is 7.46. The molecule has 0 saturated carbocycles. The number of nitrogens with zero attached hydrogens (tertiary/aromatic N) is 3. The molecule has 122 valence electrons. The van der Waals surface area contributed by atoms with Crippen LogP contribution in [0, 0.1) is 0 Å². The van der Waals surface area contributed by atoms with Gasteiger partial charge < -0.3 is 29.9 Å². The Morgan fingerprint density at radius 3 is 2.86 bits per heavy atom. The van der Waals surface area contributed by atoms with Gasteiger partial charge in [-0.2, -0.15) is 4.98 Å². The maximum Gasteiger partial charge on any atom is 0.469 e. The highest BCUT2D eigenvalue weighted by Gasteiger charge is 2.15. The SMILES string of the molecule is Nc1nc2c(ncn2CC(O)OCCOP(=O)(O)O)c(=O)[nH]1. The standard InChI is InChI=1S/C9H14N5O7P/c10-9-12-7-6(8(16)13-9)11-4-14(7)3-5(15)20-1-2-21-22(17,18)19/h4-5,15H,1-3H2,(H2,17,18,19)(H3,10,12,13,16). The number of anilines is 1. The van der Waals surface area contributed by atoms with E-state index in [1.54, 1.807) is 0 Å². The maximum absolute atomic E-state index is 11.6. The Bertz CT molecular complexity index is 752. The fourth-order valence-electron chi connectivity index (χ4n) is 1.67. The molecule has 0 aliphatic rings. The van der Waals surface area contributed by atoms with Gasteiger partial charge in [-0.3, -0.25) is 14.3 Å². The van der Waals surface area contributed by atoms with Crippen LogP contribution in [0.3, 0.4) is 0 Å². The molecule has 0 spiro atoms. The van der Waals surface area contributed by atoms with Crippen molar-refractivity contribution < 1.29 is 28.7 Å². The number of phosphoric acid groups is 1. The zero-order chi connectivity index (χ0) is 16.3. The number of imidazole rings is 1. The fraction of sp³-hybridized carbons (Fsp3) is 0.444. The minimum absolute atomic E-state index is 0.0613. The molecule has 0 radical (unpaired) electrons. The van der Waals surface area contributed by atoms with Crippen molar-refractivity contribution in [1.29, 1.82) is 0 Å². The lowest BCUT2D eigenvalue weighted by Gasteiger charge is -2.13. The third-order valence-corrected chi connectivity index (χ3v) is 3.02. The average Bonchev–Trinajstić information content (AvgIpc) is 2.77. The first-order chi connectivity index (χ1) is 10.3. The van der Waals surface area contributed by atoms with E-state index >= 15 is 0 Å². The normalized spacial score (nSPS) is 13.6. The Morgan fingerprint density at radius 2 is 2.18 bits per heavy atom. The second kappa shape index (κ2) is 6.52. The molecule has 6 N–H and O–H groups in total. The smallest absolute Gasteiger partial charge is 0.369 e. The van der Waals surface area contributed by atoms with Crippen molar-refractivity contribution in [2.45, 2.75) is 12.8 Å². The summed E-state index contributed by atoms with van der Waals surface area (Å²) >= 11 is 0. The zero-order valence-electron chi connectivity index (χ0n) is 11.1. The summed E-state index contributed by atoms with van der Waals surface area (Å²) in [6, 6.07) is 0. The molecule has 0 amide bonds. The summed E-state index contributed by atoms with van der Waals surface area (Å²) in [4.78, 5) is 38.5. The molecule has 2 heterocycles. The van der Waals surface area contributed by atoms with E-state index in [1.165, 1.54) is 10.9 Å². The highest BCUT2D eigenvalue weighted by atomic mass is 31.2. The topological polar surface area (TPSA) is 186 Å². The van der Waals surface area contributed by atoms with E-state index in [1.807, 2.05) is 0 Å². The first-order valence-electron chi connectivity index (χ1n) is 5.96. The van der Waals surface area contributed by atoms with Crippen LogP contribution in [0.25, 0.3) is 11.2 Å². The summed E-state index contributed by atoms with van der Waals surface area (Å²) < 4.78 is 20.9. The monoisotopic (exact) mass is 335 g/mol. The van der Waals surface area contributed by atoms with Gasteiger partial charge in [-0.05, 0) is 0 Å². The van der Waals surface area contributed by atoms with E-state index in [9.17, 15) is 14.5 Å². The van der Waals surface area contributed by atoms with Crippen molar-refractivity contribution in [2.24, 2.45) is 0 Å². The molecule has 0 aliphatic heterocycles. The molecule has 2 aromatic heterocycles. The number of aromatic amines is 1. The predicted octanol–water partition coefficient (Wildman–Crippen LogP) is -1.85. The average molecular weight is 335 g/mol. The Hall–Kier alpha value is -1.82. The van der Waals surface area contributed by atoms with Crippen LogP contribution >= 0.6 is 7.82 Å². The van der Waals surface area contributed by atoms with Gasteiger partial charge in [0.2, 0.25) is 5.95 Å². The van der Waals surface area contributed by atoms with Crippen LogP contribution in [0.1, 0.15) is 0 Å². The Balaban J connectivity index is 1.96. The van der Waals surface area contributed by atoms with Crippen LogP contribution in [-0.2, 0) is 20.4 Å². The van der Waals surface area contributed by atoms with Crippen LogP contribution in [0.5, 0.6) is 0 Å². The molecule has 2 rings (SSSR count).